The maximum atomic E-state index is 13.0. The van der Waals surface area contributed by atoms with Gasteiger partial charge in [0.25, 0.3) is 0 Å². The van der Waals surface area contributed by atoms with E-state index in [0.29, 0.717) is 15.7 Å². The highest BCUT2D eigenvalue weighted by atomic mass is 35.5. The molecule has 0 heterocycles. The lowest BCUT2D eigenvalue weighted by Gasteiger charge is -2.19. The molecule has 0 aromatic heterocycles. The Morgan fingerprint density at radius 1 is 0.852 bits per heavy atom. The van der Waals surface area contributed by atoms with Crippen LogP contribution in [0.4, 0.5) is 5.69 Å². The molecule has 3 rings (SSSR count). The molecule has 0 atom stereocenters. The summed E-state index contributed by atoms with van der Waals surface area (Å²) in [5.41, 5.74) is 2.34. The van der Waals surface area contributed by atoms with Crippen molar-refractivity contribution < 1.29 is 4.79 Å². The van der Waals surface area contributed by atoms with Gasteiger partial charge in [0, 0.05) is 5.02 Å². The van der Waals surface area contributed by atoms with Crippen molar-refractivity contribution in [3.8, 4) is 0 Å². The van der Waals surface area contributed by atoms with Crippen molar-refractivity contribution >= 4 is 52.1 Å². The van der Waals surface area contributed by atoms with Crippen molar-refractivity contribution in [1.29, 1.82) is 0 Å². The standard InChI is InChI=1S/C21H16Cl2N2OS/c22-16-11-12-18(17(23)13-16)24-21(27)25-20(26)19(14-7-3-1-4-8-14)15-9-5-2-6-10-15/h1-13,19H,(H2,24,25,26,27). The number of thiocarbonyl (C=S) groups is 1. The van der Waals surface area contributed by atoms with E-state index in [4.69, 9.17) is 35.4 Å². The fraction of sp³-hybridized carbons (Fsp3) is 0.0476. The summed E-state index contributed by atoms with van der Waals surface area (Å²) in [5, 5.41) is 6.80. The van der Waals surface area contributed by atoms with Crippen LogP contribution in [-0.2, 0) is 4.79 Å². The summed E-state index contributed by atoms with van der Waals surface area (Å²) in [6.07, 6.45) is 0. The van der Waals surface area contributed by atoms with Gasteiger partial charge < -0.3 is 10.6 Å². The van der Waals surface area contributed by atoms with Gasteiger partial charge in [-0.05, 0) is 41.5 Å². The fourth-order valence-corrected chi connectivity index (χ4v) is 3.38. The van der Waals surface area contributed by atoms with Crippen LogP contribution < -0.4 is 10.6 Å². The summed E-state index contributed by atoms with van der Waals surface area (Å²) in [6, 6.07) is 24.1. The van der Waals surface area contributed by atoms with Crippen molar-refractivity contribution in [3.63, 3.8) is 0 Å². The number of hydrogen-bond donors (Lipinski definition) is 2. The number of anilines is 1. The Balaban J connectivity index is 1.79. The van der Waals surface area contributed by atoms with Gasteiger partial charge >= 0.3 is 0 Å². The lowest BCUT2D eigenvalue weighted by Crippen LogP contribution is -2.37. The molecule has 136 valence electrons. The van der Waals surface area contributed by atoms with Crippen molar-refractivity contribution in [1.82, 2.24) is 5.32 Å². The summed E-state index contributed by atoms with van der Waals surface area (Å²) < 4.78 is 0. The second-order valence-electron chi connectivity index (χ2n) is 5.82. The third-order valence-corrected chi connectivity index (χ3v) is 4.70. The number of carbonyl (C=O) groups excluding carboxylic acids is 1. The molecule has 0 spiro atoms. The molecule has 3 nitrogen and oxygen atoms in total. The third-order valence-electron chi connectivity index (χ3n) is 3.94. The Bertz CT molecular complexity index is 909. The van der Waals surface area contributed by atoms with Gasteiger partial charge in [0.05, 0.1) is 16.6 Å². The number of nitrogens with one attached hydrogen (secondary N) is 2. The average molecular weight is 415 g/mol. The lowest BCUT2D eigenvalue weighted by molar-refractivity contribution is -0.120. The van der Waals surface area contributed by atoms with E-state index in [1.54, 1.807) is 18.2 Å². The zero-order valence-corrected chi connectivity index (χ0v) is 16.5. The predicted molar refractivity (Wildman–Crippen MR) is 116 cm³/mol. The number of rotatable bonds is 4. The third kappa shape index (κ3) is 5.07. The quantitative estimate of drug-likeness (QED) is 0.542. The average Bonchev–Trinajstić information content (AvgIpc) is 2.66. The monoisotopic (exact) mass is 414 g/mol. The molecular formula is C21H16Cl2N2OS. The normalized spacial score (nSPS) is 10.5. The van der Waals surface area contributed by atoms with Gasteiger partial charge in [-0.25, -0.2) is 0 Å². The van der Waals surface area contributed by atoms with Crippen LogP contribution in [0.3, 0.4) is 0 Å². The van der Waals surface area contributed by atoms with Crippen molar-refractivity contribution in [3.05, 3.63) is 100 Å². The summed E-state index contributed by atoms with van der Waals surface area (Å²) >= 11 is 17.3. The SMILES string of the molecule is O=C(NC(=S)Nc1ccc(Cl)cc1Cl)C(c1ccccc1)c1ccccc1. The topological polar surface area (TPSA) is 41.1 Å². The number of benzene rings is 3. The van der Waals surface area contributed by atoms with Gasteiger partial charge in [0.2, 0.25) is 5.91 Å². The zero-order valence-electron chi connectivity index (χ0n) is 14.2. The smallest absolute Gasteiger partial charge is 0.238 e. The molecule has 0 aliphatic carbocycles. The van der Waals surface area contributed by atoms with E-state index in [2.05, 4.69) is 10.6 Å². The van der Waals surface area contributed by atoms with E-state index in [1.807, 2.05) is 60.7 Å². The van der Waals surface area contributed by atoms with Crippen LogP contribution in [-0.4, -0.2) is 11.0 Å². The molecule has 0 aliphatic rings. The van der Waals surface area contributed by atoms with Gasteiger partial charge in [-0.15, -0.1) is 0 Å². The number of halogens is 2. The number of carbonyl (C=O) groups is 1. The molecule has 27 heavy (non-hydrogen) atoms. The minimum atomic E-state index is -0.479. The molecule has 0 radical (unpaired) electrons. The minimum absolute atomic E-state index is 0.168. The number of amides is 1. The summed E-state index contributed by atoms with van der Waals surface area (Å²) in [5.74, 6) is -0.706. The van der Waals surface area contributed by atoms with E-state index in [1.165, 1.54) is 0 Å². The summed E-state index contributed by atoms with van der Waals surface area (Å²) in [4.78, 5) is 13.0. The molecule has 0 saturated heterocycles. The van der Waals surface area contributed by atoms with Gasteiger partial charge in [-0.2, -0.15) is 0 Å². The minimum Gasteiger partial charge on any atom is -0.331 e. The van der Waals surface area contributed by atoms with Crippen molar-refractivity contribution in [2.24, 2.45) is 0 Å². The molecule has 0 fully saturated rings. The zero-order chi connectivity index (χ0) is 19.2. The second-order valence-corrected chi connectivity index (χ2v) is 7.07. The van der Waals surface area contributed by atoms with Crippen LogP contribution in [0.2, 0.25) is 10.0 Å². The highest BCUT2D eigenvalue weighted by Gasteiger charge is 2.23. The van der Waals surface area contributed by atoms with Crippen LogP contribution in [0.25, 0.3) is 0 Å². The summed E-state index contributed by atoms with van der Waals surface area (Å²) in [7, 11) is 0. The van der Waals surface area contributed by atoms with Crippen molar-refractivity contribution in [2.75, 3.05) is 5.32 Å². The molecule has 0 unspecified atom stereocenters. The molecular weight excluding hydrogens is 399 g/mol. The van der Waals surface area contributed by atoms with Crippen LogP contribution in [0.1, 0.15) is 17.0 Å². The maximum Gasteiger partial charge on any atom is 0.238 e. The first-order valence-electron chi connectivity index (χ1n) is 8.21. The molecule has 1 amide bonds. The first-order valence-corrected chi connectivity index (χ1v) is 9.38. The van der Waals surface area contributed by atoms with E-state index in [-0.39, 0.29) is 11.0 Å². The molecule has 0 saturated carbocycles. The Morgan fingerprint density at radius 2 is 1.41 bits per heavy atom. The van der Waals surface area contributed by atoms with Gasteiger partial charge in [0.15, 0.2) is 5.11 Å². The van der Waals surface area contributed by atoms with Crippen molar-refractivity contribution in [2.45, 2.75) is 5.92 Å². The molecule has 0 aliphatic heterocycles. The van der Waals surface area contributed by atoms with Crippen LogP contribution in [0.15, 0.2) is 78.9 Å². The molecule has 3 aromatic carbocycles. The molecule has 3 aromatic rings. The van der Waals surface area contributed by atoms with Gasteiger partial charge in [-0.3, -0.25) is 4.79 Å². The largest absolute Gasteiger partial charge is 0.331 e. The highest BCUT2D eigenvalue weighted by Crippen LogP contribution is 2.26. The molecule has 0 bridgehead atoms. The fourth-order valence-electron chi connectivity index (χ4n) is 2.71. The Labute approximate surface area is 173 Å². The van der Waals surface area contributed by atoms with Gasteiger partial charge in [-0.1, -0.05) is 83.9 Å². The molecule has 6 heteroatoms. The van der Waals surface area contributed by atoms with E-state index >= 15 is 0 Å². The van der Waals surface area contributed by atoms with E-state index in [9.17, 15) is 4.79 Å². The van der Waals surface area contributed by atoms with Crippen LogP contribution in [0, 0.1) is 0 Å². The summed E-state index contributed by atoms with van der Waals surface area (Å²) in [6.45, 7) is 0. The molecule has 2 N–H and O–H groups in total. The predicted octanol–water partition coefficient (Wildman–Crippen LogP) is 5.64. The first kappa shape index (κ1) is 19.4. The first-order chi connectivity index (χ1) is 13.0. The van der Waals surface area contributed by atoms with Crippen LogP contribution >= 0.6 is 35.4 Å². The Morgan fingerprint density at radius 3 is 1.93 bits per heavy atom. The lowest BCUT2D eigenvalue weighted by atomic mass is 9.90. The van der Waals surface area contributed by atoms with Gasteiger partial charge in [0.1, 0.15) is 0 Å². The Hall–Kier alpha value is -2.40. The number of hydrogen-bond acceptors (Lipinski definition) is 2. The Kier molecular flexibility index (Phi) is 6.45. The van der Waals surface area contributed by atoms with Crippen LogP contribution in [0.5, 0.6) is 0 Å². The highest BCUT2D eigenvalue weighted by molar-refractivity contribution is 7.80. The van der Waals surface area contributed by atoms with E-state index in [0.717, 1.165) is 11.1 Å². The van der Waals surface area contributed by atoms with E-state index < -0.39 is 5.92 Å². The maximum absolute atomic E-state index is 13.0. The second kappa shape index (κ2) is 9.00.